The van der Waals surface area contributed by atoms with Crippen LogP contribution in [0.3, 0.4) is 0 Å². The smallest absolute Gasteiger partial charge is 0.223 e. The quantitative estimate of drug-likeness (QED) is 0.788. The number of hydrogen-bond acceptors (Lipinski definition) is 6. The molecule has 2 heterocycles. The molecule has 0 atom stereocenters. The lowest BCUT2D eigenvalue weighted by Crippen LogP contribution is -2.57. The fourth-order valence-electron chi connectivity index (χ4n) is 2.62. The summed E-state index contributed by atoms with van der Waals surface area (Å²) in [4.78, 5) is 10.5. The van der Waals surface area contributed by atoms with E-state index in [1.54, 1.807) is 19.1 Å². The molecule has 0 amide bonds. The van der Waals surface area contributed by atoms with Crippen molar-refractivity contribution in [2.24, 2.45) is 0 Å². The predicted octanol–water partition coefficient (Wildman–Crippen LogP) is 1.16. The summed E-state index contributed by atoms with van der Waals surface area (Å²) in [5.74, 6) is 0.895. The maximum Gasteiger partial charge on any atom is 0.223 e. The normalized spacial score (nSPS) is 15.0. The van der Waals surface area contributed by atoms with Crippen molar-refractivity contribution in [2.75, 3.05) is 36.5 Å². The van der Waals surface area contributed by atoms with Gasteiger partial charge in [0, 0.05) is 19.1 Å². The molecule has 6 nitrogen and oxygen atoms in total. The van der Waals surface area contributed by atoms with Gasteiger partial charge in [-0.1, -0.05) is 6.07 Å². The molecule has 7 heteroatoms. The Labute approximate surface area is 128 Å². The van der Waals surface area contributed by atoms with E-state index >= 15 is 0 Å². The van der Waals surface area contributed by atoms with Crippen molar-refractivity contribution in [1.82, 2.24) is 15.3 Å². The third kappa shape index (κ3) is 2.43. The fourth-order valence-corrected chi connectivity index (χ4v) is 2.62. The Hall–Kier alpha value is -2.41. The number of aromatic nitrogens is 2. The van der Waals surface area contributed by atoms with Crippen LogP contribution >= 0.6 is 0 Å². The molecule has 0 saturated carbocycles. The van der Waals surface area contributed by atoms with Gasteiger partial charge in [0.15, 0.2) is 0 Å². The lowest BCUT2D eigenvalue weighted by Gasteiger charge is -2.40. The van der Waals surface area contributed by atoms with E-state index in [0.29, 0.717) is 28.8 Å². The number of anilines is 3. The molecule has 1 aliphatic heterocycles. The largest absolute Gasteiger partial charge is 0.383 e. The molecule has 0 bridgehead atoms. The summed E-state index contributed by atoms with van der Waals surface area (Å²) >= 11 is 0. The molecule has 0 aliphatic carbocycles. The van der Waals surface area contributed by atoms with E-state index in [1.807, 2.05) is 7.05 Å². The predicted molar refractivity (Wildman–Crippen MR) is 86.0 cm³/mol. The average Bonchev–Trinajstić information content (AvgIpc) is 2.40. The third-order valence-corrected chi connectivity index (χ3v) is 3.97. The Kier molecular flexibility index (Phi) is 3.58. The molecule has 5 N–H and O–H groups in total. The van der Waals surface area contributed by atoms with Gasteiger partial charge in [0.05, 0.1) is 5.56 Å². The summed E-state index contributed by atoms with van der Waals surface area (Å²) in [7, 11) is 1.93. The minimum Gasteiger partial charge on any atom is -0.383 e. The van der Waals surface area contributed by atoms with Crippen LogP contribution in [-0.4, -0.2) is 36.1 Å². The molecule has 1 saturated heterocycles. The summed E-state index contributed by atoms with van der Waals surface area (Å²) in [5, 5.41) is 3.21. The molecule has 116 valence electrons. The van der Waals surface area contributed by atoms with Crippen molar-refractivity contribution in [1.29, 1.82) is 0 Å². The van der Waals surface area contributed by atoms with Crippen LogP contribution in [0.25, 0.3) is 11.1 Å². The van der Waals surface area contributed by atoms with E-state index in [1.165, 1.54) is 6.07 Å². The monoisotopic (exact) mass is 302 g/mol. The number of hydrogen-bond donors (Lipinski definition) is 3. The highest BCUT2D eigenvalue weighted by Crippen LogP contribution is 2.36. The summed E-state index contributed by atoms with van der Waals surface area (Å²) in [5.41, 5.74) is 13.8. The number of aryl methyl sites for hydroxylation is 1. The van der Waals surface area contributed by atoms with Gasteiger partial charge in [-0.2, -0.15) is 9.97 Å². The van der Waals surface area contributed by atoms with Crippen LogP contribution in [0, 0.1) is 12.7 Å². The number of nitrogen functional groups attached to an aromatic ring is 2. The molecule has 2 aromatic rings. The molecule has 0 radical (unpaired) electrons. The molecule has 1 aliphatic rings. The van der Waals surface area contributed by atoms with E-state index in [9.17, 15) is 4.39 Å². The van der Waals surface area contributed by atoms with Crippen molar-refractivity contribution in [3.05, 3.63) is 29.6 Å². The number of rotatable bonds is 3. The van der Waals surface area contributed by atoms with Crippen molar-refractivity contribution in [3.8, 4) is 11.1 Å². The zero-order chi connectivity index (χ0) is 15.9. The first kappa shape index (κ1) is 14.5. The maximum atomic E-state index is 13.5. The molecular formula is C15H19FN6. The van der Waals surface area contributed by atoms with Gasteiger partial charge in [0.25, 0.3) is 0 Å². The SMILES string of the molecule is CNC1CN(c2nc(N)nc(N)c2-c2ccc(F)c(C)c2)C1. The van der Waals surface area contributed by atoms with Gasteiger partial charge in [0.2, 0.25) is 5.95 Å². The summed E-state index contributed by atoms with van der Waals surface area (Å²) in [6.07, 6.45) is 0. The molecule has 3 rings (SSSR count). The number of halogens is 1. The molecule has 0 unspecified atom stereocenters. The van der Waals surface area contributed by atoms with E-state index in [4.69, 9.17) is 11.5 Å². The molecule has 1 aromatic carbocycles. The lowest BCUT2D eigenvalue weighted by molar-refractivity contribution is 0.447. The first-order valence-electron chi connectivity index (χ1n) is 7.11. The zero-order valence-corrected chi connectivity index (χ0v) is 12.6. The molecule has 22 heavy (non-hydrogen) atoms. The van der Waals surface area contributed by atoms with Crippen molar-refractivity contribution in [3.63, 3.8) is 0 Å². The molecular weight excluding hydrogens is 283 g/mol. The second-order valence-corrected chi connectivity index (χ2v) is 5.52. The van der Waals surface area contributed by atoms with Crippen molar-refractivity contribution < 1.29 is 4.39 Å². The van der Waals surface area contributed by atoms with Gasteiger partial charge in [-0.15, -0.1) is 0 Å². The number of benzene rings is 1. The molecule has 0 spiro atoms. The van der Waals surface area contributed by atoms with Crippen LogP contribution in [0.2, 0.25) is 0 Å². The number of nitrogens with two attached hydrogens (primary N) is 2. The van der Waals surface area contributed by atoms with Gasteiger partial charge in [-0.05, 0) is 37.2 Å². The fraction of sp³-hybridized carbons (Fsp3) is 0.333. The van der Waals surface area contributed by atoms with Gasteiger partial charge in [-0.25, -0.2) is 4.39 Å². The number of likely N-dealkylation sites (N-methyl/N-ethyl adjacent to an activating group) is 1. The third-order valence-electron chi connectivity index (χ3n) is 3.97. The Morgan fingerprint density at radius 3 is 2.64 bits per heavy atom. The summed E-state index contributed by atoms with van der Waals surface area (Å²) in [6, 6.07) is 5.28. The number of nitrogens with one attached hydrogen (secondary N) is 1. The van der Waals surface area contributed by atoms with Crippen LogP contribution in [0.1, 0.15) is 5.56 Å². The second-order valence-electron chi connectivity index (χ2n) is 5.52. The first-order chi connectivity index (χ1) is 10.5. The van der Waals surface area contributed by atoms with E-state index in [2.05, 4.69) is 20.2 Å². The Morgan fingerprint density at radius 2 is 2.00 bits per heavy atom. The van der Waals surface area contributed by atoms with Crippen LogP contribution in [0.5, 0.6) is 0 Å². The summed E-state index contributed by atoms with van der Waals surface area (Å²) in [6.45, 7) is 3.35. The van der Waals surface area contributed by atoms with E-state index in [-0.39, 0.29) is 11.8 Å². The highest BCUT2D eigenvalue weighted by molar-refractivity contribution is 5.85. The second kappa shape index (κ2) is 5.42. The average molecular weight is 302 g/mol. The maximum absolute atomic E-state index is 13.5. The molecule has 1 aromatic heterocycles. The minimum absolute atomic E-state index is 0.142. The highest BCUT2D eigenvalue weighted by atomic mass is 19.1. The Balaban J connectivity index is 2.08. The minimum atomic E-state index is -0.251. The zero-order valence-electron chi connectivity index (χ0n) is 12.6. The van der Waals surface area contributed by atoms with Crippen molar-refractivity contribution in [2.45, 2.75) is 13.0 Å². The topological polar surface area (TPSA) is 93.1 Å². The van der Waals surface area contributed by atoms with Gasteiger partial charge in [-0.3, -0.25) is 0 Å². The summed E-state index contributed by atoms with van der Waals surface area (Å²) < 4.78 is 13.5. The first-order valence-corrected chi connectivity index (χ1v) is 7.11. The standard InChI is InChI=1S/C15H19FN6/c1-8-5-9(3-4-11(8)16)12-13(17)20-15(18)21-14(12)22-6-10(7-22)19-2/h3-5,10,19H,6-7H2,1-2H3,(H4,17,18,20,21). The Bertz CT molecular complexity index is 711. The van der Waals surface area contributed by atoms with Crippen molar-refractivity contribution >= 4 is 17.6 Å². The molecule has 1 fully saturated rings. The van der Waals surface area contributed by atoms with Gasteiger partial charge >= 0.3 is 0 Å². The lowest BCUT2D eigenvalue weighted by atomic mass is 10.0. The van der Waals surface area contributed by atoms with Crippen LogP contribution in [0.4, 0.5) is 22.0 Å². The van der Waals surface area contributed by atoms with E-state index < -0.39 is 0 Å². The van der Waals surface area contributed by atoms with Crippen LogP contribution in [0.15, 0.2) is 18.2 Å². The highest BCUT2D eigenvalue weighted by Gasteiger charge is 2.30. The van der Waals surface area contributed by atoms with Gasteiger partial charge in [0.1, 0.15) is 17.5 Å². The Morgan fingerprint density at radius 1 is 1.27 bits per heavy atom. The van der Waals surface area contributed by atoms with Crippen LogP contribution in [-0.2, 0) is 0 Å². The van der Waals surface area contributed by atoms with Crippen LogP contribution < -0.4 is 21.7 Å². The number of nitrogens with zero attached hydrogens (tertiary/aromatic N) is 3. The van der Waals surface area contributed by atoms with E-state index in [0.717, 1.165) is 18.7 Å². The van der Waals surface area contributed by atoms with Gasteiger partial charge < -0.3 is 21.7 Å².